The fraction of sp³-hybridized carbons (Fsp3) is 0.857. The molecule has 0 aliphatic rings. The van der Waals surface area contributed by atoms with Crippen molar-refractivity contribution in [3.8, 4) is 0 Å². The Balaban J connectivity index is 3.64. The van der Waals surface area contributed by atoms with Gasteiger partial charge in [-0.15, -0.1) is 0 Å². The van der Waals surface area contributed by atoms with E-state index in [1.54, 1.807) is 0 Å². The van der Waals surface area contributed by atoms with Crippen LogP contribution in [0.4, 0.5) is 0 Å². The van der Waals surface area contributed by atoms with Crippen LogP contribution in [0.1, 0.15) is 20.8 Å². The van der Waals surface area contributed by atoms with Gasteiger partial charge in [-0.25, -0.2) is 0 Å². The molecule has 1 amide bonds. The second kappa shape index (κ2) is 4.16. The first-order chi connectivity index (χ1) is 4.48. The summed E-state index contributed by atoms with van der Waals surface area (Å²) < 4.78 is 0.972. The van der Waals surface area contributed by atoms with Gasteiger partial charge in [0.25, 0.3) is 0 Å². The molecule has 60 valence electrons. The zero-order valence-electron chi connectivity index (χ0n) is 6.70. The molecule has 0 rings (SSSR count). The van der Waals surface area contributed by atoms with Crippen LogP contribution in [0.3, 0.4) is 0 Å². The number of nitrogens with one attached hydrogen (secondary N) is 1. The van der Waals surface area contributed by atoms with Crippen molar-refractivity contribution >= 4 is 28.5 Å². The summed E-state index contributed by atoms with van der Waals surface area (Å²) in [4.78, 5) is 11.1. The topological polar surface area (TPSA) is 29.1 Å². The summed E-state index contributed by atoms with van der Waals surface area (Å²) in [7, 11) is 0. The molecule has 0 saturated carbocycles. The zero-order chi connectivity index (χ0) is 8.20. The predicted octanol–water partition coefficient (Wildman–Crippen LogP) is 1.58. The first-order valence-corrected chi connectivity index (χ1v) is 4.85. The van der Waals surface area contributed by atoms with E-state index in [0.717, 1.165) is 11.0 Å². The average molecular weight is 255 g/mol. The van der Waals surface area contributed by atoms with E-state index in [1.807, 2.05) is 20.8 Å². The Kier molecular flexibility index (Phi) is 4.24. The fourth-order valence-corrected chi connectivity index (χ4v) is 0.696. The summed E-state index contributed by atoms with van der Waals surface area (Å²) in [6.45, 7) is 6.51. The lowest BCUT2D eigenvalue weighted by atomic mass is 9.96. The summed E-state index contributed by atoms with van der Waals surface area (Å²) in [6.07, 6.45) is 0. The normalized spacial score (nSPS) is 11.2. The molecule has 0 aromatic heterocycles. The van der Waals surface area contributed by atoms with Gasteiger partial charge < -0.3 is 5.32 Å². The van der Waals surface area contributed by atoms with Crippen LogP contribution < -0.4 is 5.32 Å². The molecule has 0 fully saturated rings. The van der Waals surface area contributed by atoms with Gasteiger partial charge in [0, 0.05) is 16.4 Å². The number of amides is 1. The van der Waals surface area contributed by atoms with E-state index in [2.05, 4.69) is 27.9 Å². The largest absolute Gasteiger partial charge is 0.355 e. The highest BCUT2D eigenvalue weighted by Crippen LogP contribution is 2.11. The van der Waals surface area contributed by atoms with E-state index in [4.69, 9.17) is 0 Å². The Bertz CT molecular complexity index is 117. The lowest BCUT2D eigenvalue weighted by molar-refractivity contribution is -0.128. The van der Waals surface area contributed by atoms with Gasteiger partial charge in [0.2, 0.25) is 5.91 Å². The van der Waals surface area contributed by atoms with Crippen molar-refractivity contribution in [2.24, 2.45) is 5.41 Å². The molecule has 0 heterocycles. The molecule has 0 aliphatic heterocycles. The average Bonchev–Trinajstić information content (AvgIpc) is 1.80. The standard InChI is InChI=1S/C7H14INO/c1-7(2,3)6(10)9-5-4-8/h4-5H2,1-3H3,(H,9,10). The maximum Gasteiger partial charge on any atom is 0.225 e. The summed E-state index contributed by atoms with van der Waals surface area (Å²) >= 11 is 2.23. The Morgan fingerprint density at radius 2 is 2.00 bits per heavy atom. The van der Waals surface area contributed by atoms with Crippen molar-refractivity contribution in [1.29, 1.82) is 0 Å². The van der Waals surface area contributed by atoms with Crippen LogP contribution in [0.5, 0.6) is 0 Å². The van der Waals surface area contributed by atoms with Crippen LogP contribution in [0.2, 0.25) is 0 Å². The van der Waals surface area contributed by atoms with Gasteiger partial charge >= 0.3 is 0 Å². The van der Waals surface area contributed by atoms with Crippen molar-refractivity contribution in [2.75, 3.05) is 11.0 Å². The van der Waals surface area contributed by atoms with Gasteiger partial charge in [0.15, 0.2) is 0 Å². The minimum Gasteiger partial charge on any atom is -0.355 e. The molecule has 1 N–H and O–H groups in total. The molecule has 0 aromatic carbocycles. The number of carbonyl (C=O) groups is 1. The molecule has 0 spiro atoms. The highest BCUT2D eigenvalue weighted by molar-refractivity contribution is 14.1. The van der Waals surface area contributed by atoms with Crippen molar-refractivity contribution in [3.05, 3.63) is 0 Å². The summed E-state index contributed by atoms with van der Waals surface area (Å²) in [5.41, 5.74) is -0.244. The highest BCUT2D eigenvalue weighted by Gasteiger charge is 2.19. The van der Waals surface area contributed by atoms with E-state index in [9.17, 15) is 4.79 Å². The van der Waals surface area contributed by atoms with E-state index >= 15 is 0 Å². The minimum absolute atomic E-state index is 0.129. The summed E-state index contributed by atoms with van der Waals surface area (Å²) in [5.74, 6) is 0.129. The molecule has 2 nitrogen and oxygen atoms in total. The highest BCUT2D eigenvalue weighted by atomic mass is 127. The predicted molar refractivity (Wildman–Crippen MR) is 51.4 cm³/mol. The van der Waals surface area contributed by atoms with E-state index in [1.165, 1.54) is 0 Å². The Morgan fingerprint density at radius 1 is 1.50 bits per heavy atom. The van der Waals surface area contributed by atoms with Crippen LogP contribution >= 0.6 is 22.6 Å². The molecule has 0 atom stereocenters. The molecule has 0 aliphatic carbocycles. The Labute approximate surface area is 75.9 Å². The molecule has 0 unspecified atom stereocenters. The van der Waals surface area contributed by atoms with Crippen molar-refractivity contribution in [2.45, 2.75) is 20.8 Å². The number of rotatable bonds is 2. The third kappa shape index (κ3) is 4.09. The SMILES string of the molecule is CC(C)(C)C(=O)NCCI. The van der Waals surface area contributed by atoms with E-state index < -0.39 is 0 Å². The molecule has 3 heteroatoms. The van der Waals surface area contributed by atoms with Crippen LogP contribution in [0.15, 0.2) is 0 Å². The molecule has 0 aromatic rings. The molecule has 0 radical (unpaired) electrons. The van der Waals surface area contributed by atoms with Crippen molar-refractivity contribution in [3.63, 3.8) is 0 Å². The third-order valence-corrected chi connectivity index (χ3v) is 1.60. The van der Waals surface area contributed by atoms with E-state index in [-0.39, 0.29) is 11.3 Å². The zero-order valence-corrected chi connectivity index (χ0v) is 8.86. The van der Waals surface area contributed by atoms with Crippen LogP contribution in [0.25, 0.3) is 0 Å². The smallest absolute Gasteiger partial charge is 0.225 e. The van der Waals surface area contributed by atoms with Gasteiger partial charge in [-0.2, -0.15) is 0 Å². The van der Waals surface area contributed by atoms with Crippen LogP contribution in [-0.2, 0) is 4.79 Å². The van der Waals surface area contributed by atoms with Crippen molar-refractivity contribution < 1.29 is 4.79 Å². The quantitative estimate of drug-likeness (QED) is 0.589. The Hall–Kier alpha value is 0.200. The van der Waals surface area contributed by atoms with E-state index in [0.29, 0.717) is 0 Å². The molecular weight excluding hydrogens is 241 g/mol. The van der Waals surface area contributed by atoms with Gasteiger partial charge in [0.1, 0.15) is 0 Å². The second-order valence-corrected chi connectivity index (χ2v) is 4.27. The molecule has 0 saturated heterocycles. The summed E-state index contributed by atoms with van der Waals surface area (Å²) in [6, 6.07) is 0. The van der Waals surface area contributed by atoms with Crippen LogP contribution in [0, 0.1) is 5.41 Å². The fourth-order valence-electron chi connectivity index (χ4n) is 0.426. The maximum atomic E-state index is 11.1. The first-order valence-electron chi connectivity index (χ1n) is 3.32. The Morgan fingerprint density at radius 3 is 2.30 bits per heavy atom. The van der Waals surface area contributed by atoms with Gasteiger partial charge in [-0.1, -0.05) is 43.4 Å². The first kappa shape index (κ1) is 10.2. The second-order valence-electron chi connectivity index (χ2n) is 3.19. The number of carbonyl (C=O) groups excluding carboxylic acids is 1. The lowest BCUT2D eigenvalue weighted by Crippen LogP contribution is -2.35. The van der Waals surface area contributed by atoms with Gasteiger partial charge in [0.05, 0.1) is 0 Å². The van der Waals surface area contributed by atoms with Gasteiger partial charge in [-0.05, 0) is 0 Å². The molecular formula is C7H14INO. The number of halogens is 1. The monoisotopic (exact) mass is 255 g/mol. The van der Waals surface area contributed by atoms with Crippen LogP contribution in [-0.4, -0.2) is 16.9 Å². The molecule has 0 bridgehead atoms. The minimum atomic E-state index is -0.244. The molecule has 10 heavy (non-hydrogen) atoms. The van der Waals surface area contributed by atoms with Crippen molar-refractivity contribution in [1.82, 2.24) is 5.32 Å². The third-order valence-electron chi connectivity index (χ3n) is 1.06. The number of alkyl halides is 1. The number of hydrogen-bond acceptors (Lipinski definition) is 1. The lowest BCUT2D eigenvalue weighted by Gasteiger charge is -2.16. The number of hydrogen-bond donors (Lipinski definition) is 1. The maximum absolute atomic E-state index is 11.1. The van der Waals surface area contributed by atoms with Gasteiger partial charge in [-0.3, -0.25) is 4.79 Å². The summed E-state index contributed by atoms with van der Waals surface area (Å²) in [5, 5.41) is 2.83.